The Hall–Kier alpha value is -2.59. The van der Waals surface area contributed by atoms with E-state index in [1.54, 1.807) is 6.07 Å². The van der Waals surface area contributed by atoms with Crippen molar-refractivity contribution >= 4 is 44.5 Å². The molecule has 28 heavy (non-hydrogen) atoms. The number of carbonyl (C=O) groups is 2. The van der Waals surface area contributed by atoms with Crippen LogP contribution in [0.1, 0.15) is 31.2 Å². The lowest BCUT2D eigenvalue weighted by molar-refractivity contribution is -0.120. The van der Waals surface area contributed by atoms with Gasteiger partial charge in [-0.25, -0.2) is 8.42 Å². The number of methoxy groups -OCH3 is 1. The van der Waals surface area contributed by atoms with Gasteiger partial charge in [-0.2, -0.15) is 0 Å². The van der Waals surface area contributed by atoms with Gasteiger partial charge in [0.2, 0.25) is 21.8 Å². The molecular formula is C18H23N3O5S2. The molecule has 152 valence electrons. The number of hydrogen-bond donors (Lipinski definition) is 3. The zero-order valence-electron chi connectivity index (χ0n) is 15.8. The maximum Gasteiger partial charge on any atom is 0.232 e. The molecule has 0 saturated heterocycles. The van der Waals surface area contributed by atoms with E-state index < -0.39 is 16.1 Å². The number of carbonyl (C=O) groups excluding carboxylic acids is 2. The van der Waals surface area contributed by atoms with E-state index in [1.807, 2.05) is 17.5 Å². The van der Waals surface area contributed by atoms with Crippen LogP contribution in [0.3, 0.4) is 0 Å². The van der Waals surface area contributed by atoms with Crippen molar-refractivity contribution in [2.45, 2.75) is 26.3 Å². The lowest BCUT2D eigenvalue weighted by atomic mass is 10.1. The van der Waals surface area contributed by atoms with Crippen molar-refractivity contribution in [3.63, 3.8) is 0 Å². The summed E-state index contributed by atoms with van der Waals surface area (Å²) in [5.41, 5.74) is 0.742. The lowest BCUT2D eigenvalue weighted by Gasteiger charge is -2.17. The molecule has 0 radical (unpaired) electrons. The molecule has 1 atom stereocenters. The van der Waals surface area contributed by atoms with E-state index in [1.165, 1.54) is 44.4 Å². The zero-order valence-corrected chi connectivity index (χ0v) is 17.4. The van der Waals surface area contributed by atoms with Crippen LogP contribution < -0.4 is 20.1 Å². The molecule has 1 aromatic heterocycles. The molecule has 2 amide bonds. The first-order valence-electron chi connectivity index (χ1n) is 8.53. The summed E-state index contributed by atoms with van der Waals surface area (Å²) in [4.78, 5) is 24.8. The molecule has 1 unspecified atom stereocenters. The third-order valence-corrected chi connectivity index (χ3v) is 6.06. The molecule has 1 heterocycles. The highest BCUT2D eigenvalue weighted by Gasteiger charge is 2.19. The van der Waals surface area contributed by atoms with Gasteiger partial charge < -0.3 is 15.4 Å². The number of sulfonamides is 1. The van der Waals surface area contributed by atoms with E-state index in [-0.39, 0.29) is 35.4 Å². The molecular weight excluding hydrogens is 402 g/mol. The first-order chi connectivity index (χ1) is 13.2. The fourth-order valence-corrected chi connectivity index (χ4v) is 3.87. The van der Waals surface area contributed by atoms with Crippen molar-refractivity contribution in [3.05, 3.63) is 40.6 Å². The lowest BCUT2D eigenvalue weighted by Crippen LogP contribution is -2.29. The maximum atomic E-state index is 12.4. The number of ether oxygens (including phenoxy) is 1. The van der Waals surface area contributed by atoms with Gasteiger partial charge in [0.1, 0.15) is 5.75 Å². The smallest absolute Gasteiger partial charge is 0.232 e. The van der Waals surface area contributed by atoms with E-state index in [2.05, 4.69) is 15.4 Å². The summed E-state index contributed by atoms with van der Waals surface area (Å²) in [7, 11) is -2.04. The van der Waals surface area contributed by atoms with Crippen LogP contribution in [0.2, 0.25) is 0 Å². The summed E-state index contributed by atoms with van der Waals surface area (Å²) in [6.07, 6.45) is 0.0621. The highest BCUT2D eigenvalue weighted by atomic mass is 32.2. The van der Waals surface area contributed by atoms with Gasteiger partial charge in [0, 0.05) is 23.6 Å². The van der Waals surface area contributed by atoms with Gasteiger partial charge in [-0.3, -0.25) is 14.3 Å². The number of hydrogen-bond acceptors (Lipinski definition) is 6. The third-order valence-electron chi connectivity index (χ3n) is 3.78. The summed E-state index contributed by atoms with van der Waals surface area (Å²) >= 11 is 1.46. The first-order valence-corrected chi connectivity index (χ1v) is 11.1. The molecule has 10 heteroatoms. The normalized spacial score (nSPS) is 12.1. The summed E-state index contributed by atoms with van der Waals surface area (Å²) in [6, 6.07) is 7.92. The summed E-state index contributed by atoms with van der Waals surface area (Å²) in [6.45, 7) is 2.93. The minimum absolute atomic E-state index is 0.0621. The topological polar surface area (TPSA) is 114 Å². The number of nitrogens with one attached hydrogen (secondary N) is 3. The van der Waals surface area contributed by atoms with Crippen molar-refractivity contribution in [1.82, 2.24) is 5.32 Å². The molecule has 0 bridgehead atoms. The number of amides is 2. The molecule has 0 aliphatic rings. The Labute approximate surface area is 168 Å². The van der Waals surface area contributed by atoms with Gasteiger partial charge in [-0.15, -0.1) is 11.3 Å². The second-order valence-corrected chi connectivity index (χ2v) is 8.93. The van der Waals surface area contributed by atoms with Crippen LogP contribution in [0.5, 0.6) is 5.75 Å². The van der Waals surface area contributed by atoms with Gasteiger partial charge in [-0.05, 0) is 30.5 Å². The molecule has 8 nitrogen and oxygen atoms in total. The average molecular weight is 426 g/mol. The molecule has 0 aliphatic heterocycles. The van der Waals surface area contributed by atoms with Gasteiger partial charge >= 0.3 is 0 Å². The van der Waals surface area contributed by atoms with Crippen LogP contribution in [0.15, 0.2) is 35.7 Å². The fourth-order valence-electron chi connectivity index (χ4n) is 2.45. The number of anilines is 2. The molecule has 2 rings (SSSR count). The second-order valence-electron chi connectivity index (χ2n) is 5.94. The quantitative estimate of drug-likeness (QED) is 0.572. The second kappa shape index (κ2) is 9.56. The minimum atomic E-state index is -3.45. The van der Waals surface area contributed by atoms with Crippen molar-refractivity contribution in [1.29, 1.82) is 0 Å². The molecule has 1 aromatic carbocycles. The molecule has 0 fully saturated rings. The largest absolute Gasteiger partial charge is 0.494 e. The Kier molecular flexibility index (Phi) is 7.41. The fraction of sp³-hybridized carbons (Fsp3) is 0.333. The van der Waals surface area contributed by atoms with E-state index in [0.717, 1.165) is 4.88 Å². The Morgan fingerprint density at radius 2 is 2.00 bits per heavy atom. The predicted octanol–water partition coefficient (Wildman–Crippen LogP) is 2.72. The number of rotatable bonds is 9. The highest BCUT2D eigenvalue weighted by molar-refractivity contribution is 7.92. The van der Waals surface area contributed by atoms with Crippen LogP contribution in [0, 0.1) is 0 Å². The Morgan fingerprint density at radius 3 is 2.57 bits per heavy atom. The average Bonchev–Trinajstić information content (AvgIpc) is 3.16. The zero-order chi connectivity index (χ0) is 20.7. The maximum absolute atomic E-state index is 12.4. The van der Waals surface area contributed by atoms with Crippen molar-refractivity contribution in [2.75, 3.05) is 22.9 Å². The number of benzene rings is 1. The van der Waals surface area contributed by atoms with Crippen LogP contribution in [-0.4, -0.2) is 33.1 Å². The van der Waals surface area contributed by atoms with Crippen LogP contribution in [-0.2, 0) is 19.6 Å². The van der Waals surface area contributed by atoms with Crippen LogP contribution in [0.4, 0.5) is 11.4 Å². The first kappa shape index (κ1) is 21.7. The minimum Gasteiger partial charge on any atom is -0.494 e. The molecule has 3 N–H and O–H groups in total. The van der Waals surface area contributed by atoms with Crippen molar-refractivity contribution < 1.29 is 22.7 Å². The molecule has 0 spiro atoms. The number of thiophene rings is 1. The van der Waals surface area contributed by atoms with E-state index in [0.29, 0.717) is 5.69 Å². The van der Waals surface area contributed by atoms with Crippen LogP contribution >= 0.6 is 11.3 Å². The molecule has 2 aromatic rings. The highest BCUT2D eigenvalue weighted by Crippen LogP contribution is 2.29. The summed E-state index contributed by atoms with van der Waals surface area (Å²) in [5.74, 6) is -0.301. The molecule has 0 aliphatic carbocycles. The summed E-state index contributed by atoms with van der Waals surface area (Å²) < 4.78 is 31.1. The van der Waals surface area contributed by atoms with E-state index in [4.69, 9.17) is 4.74 Å². The summed E-state index contributed by atoms with van der Waals surface area (Å²) in [5, 5.41) is 7.39. The monoisotopic (exact) mass is 425 g/mol. The SMILES string of the molecule is CCS(=O)(=O)Nc1ccc(NC(=O)CC(NC(C)=O)c2cccs2)cc1OC. The van der Waals surface area contributed by atoms with Crippen molar-refractivity contribution in [3.8, 4) is 5.75 Å². The van der Waals surface area contributed by atoms with Crippen LogP contribution in [0.25, 0.3) is 0 Å². The third kappa shape index (κ3) is 6.24. The Balaban J connectivity index is 2.11. The van der Waals surface area contributed by atoms with E-state index >= 15 is 0 Å². The van der Waals surface area contributed by atoms with Gasteiger partial charge in [0.25, 0.3) is 0 Å². The Morgan fingerprint density at radius 1 is 1.25 bits per heavy atom. The van der Waals surface area contributed by atoms with Gasteiger partial charge in [-0.1, -0.05) is 6.07 Å². The van der Waals surface area contributed by atoms with Gasteiger partial charge in [0.15, 0.2) is 0 Å². The standard InChI is InChI=1S/C18H23N3O5S2/c1-4-28(24,25)21-14-8-7-13(10-16(14)26-3)20-18(23)11-15(19-12(2)22)17-6-5-9-27-17/h5-10,15,21H,4,11H2,1-3H3,(H,19,22)(H,20,23). The van der Waals surface area contributed by atoms with Crippen molar-refractivity contribution in [2.24, 2.45) is 0 Å². The van der Waals surface area contributed by atoms with Gasteiger partial charge in [0.05, 0.1) is 31.0 Å². The predicted molar refractivity (Wildman–Crippen MR) is 110 cm³/mol. The molecule has 0 saturated carbocycles. The van der Waals surface area contributed by atoms with E-state index in [9.17, 15) is 18.0 Å². The Bertz CT molecular complexity index is 927.